The molecule has 4 nitrogen and oxygen atoms in total. The van der Waals surface area contributed by atoms with Gasteiger partial charge in [0.2, 0.25) is 0 Å². The summed E-state index contributed by atoms with van der Waals surface area (Å²) in [6.45, 7) is 1.89. The average Bonchev–Trinajstić information content (AvgIpc) is 2.63. The Hall–Kier alpha value is -1.92. The van der Waals surface area contributed by atoms with Crippen LogP contribution < -0.4 is 10.1 Å². The highest BCUT2D eigenvalue weighted by Gasteiger charge is 2.30. The smallest absolute Gasteiger partial charge is 0.254 e. The summed E-state index contributed by atoms with van der Waals surface area (Å²) in [5.74, 6) is 0.120. The summed E-state index contributed by atoms with van der Waals surface area (Å²) in [6, 6.07) is 12.0. The molecule has 0 bridgehead atoms. The lowest BCUT2D eigenvalue weighted by molar-refractivity contribution is 0.0631. The molecule has 24 heavy (non-hydrogen) atoms. The molecule has 1 aliphatic rings. The first-order valence-corrected chi connectivity index (χ1v) is 8.50. The van der Waals surface area contributed by atoms with Crippen LogP contribution in [-0.4, -0.2) is 37.6 Å². The molecule has 1 unspecified atom stereocenters. The fourth-order valence-electron chi connectivity index (χ4n) is 2.96. The van der Waals surface area contributed by atoms with Crippen molar-refractivity contribution in [2.24, 2.45) is 0 Å². The van der Waals surface area contributed by atoms with Crippen LogP contribution >= 0.6 is 15.9 Å². The number of nitrogens with one attached hydrogen (secondary N) is 1. The van der Waals surface area contributed by atoms with Crippen molar-refractivity contribution in [3.63, 3.8) is 0 Å². The molecule has 0 aromatic heterocycles. The van der Waals surface area contributed by atoms with Crippen molar-refractivity contribution in [1.29, 1.82) is 0 Å². The van der Waals surface area contributed by atoms with Gasteiger partial charge in [0.1, 0.15) is 11.6 Å². The molecule has 6 heteroatoms. The first-order chi connectivity index (χ1) is 11.6. The van der Waals surface area contributed by atoms with Crippen LogP contribution in [-0.2, 0) is 0 Å². The maximum Gasteiger partial charge on any atom is 0.254 e. The average molecular weight is 393 g/mol. The third kappa shape index (κ3) is 3.30. The zero-order valence-corrected chi connectivity index (χ0v) is 14.8. The van der Waals surface area contributed by atoms with Gasteiger partial charge in [0, 0.05) is 30.8 Å². The number of para-hydroxylation sites is 1. The third-order valence-corrected chi connectivity index (χ3v) is 4.81. The number of benzene rings is 2. The Bertz CT molecular complexity index is 754. The Labute approximate surface area is 148 Å². The summed E-state index contributed by atoms with van der Waals surface area (Å²) in [6.07, 6.45) is 0. The molecule has 1 atom stereocenters. The van der Waals surface area contributed by atoms with E-state index in [4.69, 9.17) is 4.74 Å². The summed E-state index contributed by atoms with van der Waals surface area (Å²) in [5, 5.41) is 3.31. The lowest BCUT2D eigenvalue weighted by atomic mass is 10.0. The minimum atomic E-state index is -0.440. The second-order valence-corrected chi connectivity index (χ2v) is 6.44. The minimum Gasteiger partial charge on any atom is -0.496 e. The van der Waals surface area contributed by atoms with Crippen molar-refractivity contribution in [1.82, 2.24) is 10.2 Å². The Kier molecular flexibility index (Phi) is 5.16. The van der Waals surface area contributed by atoms with Crippen LogP contribution in [0.25, 0.3) is 0 Å². The molecule has 0 aliphatic carbocycles. The number of carbonyl (C=O) groups excluding carboxylic acids is 1. The van der Waals surface area contributed by atoms with E-state index in [1.165, 1.54) is 6.07 Å². The van der Waals surface area contributed by atoms with E-state index in [9.17, 15) is 9.18 Å². The van der Waals surface area contributed by atoms with Crippen molar-refractivity contribution in [3.05, 3.63) is 63.9 Å². The predicted octanol–water partition coefficient (Wildman–Crippen LogP) is 3.38. The maximum absolute atomic E-state index is 13.8. The Morgan fingerprint density at radius 2 is 2.12 bits per heavy atom. The quantitative estimate of drug-likeness (QED) is 0.870. The molecule has 0 radical (unpaired) electrons. The monoisotopic (exact) mass is 392 g/mol. The van der Waals surface area contributed by atoms with Crippen LogP contribution in [0.1, 0.15) is 22.0 Å². The fourth-order valence-corrected chi connectivity index (χ4v) is 3.21. The predicted molar refractivity (Wildman–Crippen MR) is 93.7 cm³/mol. The first kappa shape index (κ1) is 16.9. The summed E-state index contributed by atoms with van der Waals surface area (Å²) in [7, 11) is 1.62. The van der Waals surface area contributed by atoms with Gasteiger partial charge in [0.15, 0.2) is 0 Å². The van der Waals surface area contributed by atoms with Crippen LogP contribution in [0.2, 0.25) is 0 Å². The van der Waals surface area contributed by atoms with E-state index < -0.39 is 5.82 Å². The summed E-state index contributed by atoms with van der Waals surface area (Å²) in [4.78, 5) is 14.7. The molecule has 1 aliphatic heterocycles. The molecule has 0 spiro atoms. The number of hydrogen-bond donors (Lipinski definition) is 1. The topological polar surface area (TPSA) is 41.6 Å². The molecule has 1 saturated heterocycles. The molecule has 1 amide bonds. The van der Waals surface area contributed by atoms with E-state index >= 15 is 0 Å². The number of ether oxygens (including phenoxy) is 1. The van der Waals surface area contributed by atoms with E-state index in [-0.39, 0.29) is 11.9 Å². The zero-order valence-electron chi connectivity index (χ0n) is 13.3. The van der Waals surface area contributed by atoms with Crippen molar-refractivity contribution in [2.75, 3.05) is 26.7 Å². The molecule has 1 N–H and O–H groups in total. The molecular formula is C18H18BrFN2O2. The first-order valence-electron chi connectivity index (χ1n) is 7.71. The van der Waals surface area contributed by atoms with Crippen LogP contribution in [0, 0.1) is 5.82 Å². The zero-order chi connectivity index (χ0) is 17.1. The number of carbonyl (C=O) groups is 1. The maximum atomic E-state index is 13.8. The number of rotatable bonds is 3. The molecule has 0 saturated carbocycles. The van der Waals surface area contributed by atoms with Gasteiger partial charge in [-0.3, -0.25) is 4.79 Å². The summed E-state index contributed by atoms with van der Waals surface area (Å²) < 4.78 is 19.6. The van der Waals surface area contributed by atoms with Crippen molar-refractivity contribution in [3.8, 4) is 5.75 Å². The Morgan fingerprint density at radius 1 is 1.33 bits per heavy atom. The largest absolute Gasteiger partial charge is 0.496 e. The number of hydrogen-bond acceptors (Lipinski definition) is 3. The highest BCUT2D eigenvalue weighted by atomic mass is 79.9. The van der Waals surface area contributed by atoms with Gasteiger partial charge in [-0.2, -0.15) is 0 Å². The highest BCUT2D eigenvalue weighted by molar-refractivity contribution is 9.10. The lowest BCUT2D eigenvalue weighted by Gasteiger charge is -2.37. The molecule has 2 aromatic carbocycles. The standard InChI is InChI=1S/C18H18BrFN2O2/c1-24-17-5-3-2-4-13(17)16-11-21-8-9-22(16)18(23)12-6-7-14(19)15(20)10-12/h2-7,10,16,21H,8-9,11H2,1H3. The lowest BCUT2D eigenvalue weighted by Crippen LogP contribution is -2.48. The third-order valence-electron chi connectivity index (χ3n) is 4.17. The normalized spacial score (nSPS) is 17.6. The van der Waals surface area contributed by atoms with Gasteiger partial charge in [0.05, 0.1) is 17.6 Å². The molecule has 1 fully saturated rings. The molecule has 1 heterocycles. The molecule has 126 valence electrons. The number of amides is 1. The Balaban J connectivity index is 1.94. The van der Waals surface area contributed by atoms with E-state index in [2.05, 4.69) is 21.2 Å². The van der Waals surface area contributed by atoms with E-state index in [1.54, 1.807) is 24.1 Å². The number of halogens is 2. The van der Waals surface area contributed by atoms with Crippen LogP contribution in [0.5, 0.6) is 5.75 Å². The summed E-state index contributed by atoms with van der Waals surface area (Å²) in [5.41, 5.74) is 1.29. The summed E-state index contributed by atoms with van der Waals surface area (Å²) >= 11 is 3.12. The van der Waals surface area contributed by atoms with E-state index in [0.29, 0.717) is 29.7 Å². The Morgan fingerprint density at radius 3 is 2.88 bits per heavy atom. The van der Waals surface area contributed by atoms with E-state index in [0.717, 1.165) is 11.3 Å². The highest BCUT2D eigenvalue weighted by Crippen LogP contribution is 2.31. The van der Waals surface area contributed by atoms with Crippen molar-refractivity contribution < 1.29 is 13.9 Å². The van der Waals surface area contributed by atoms with Gasteiger partial charge in [-0.15, -0.1) is 0 Å². The van der Waals surface area contributed by atoms with Gasteiger partial charge < -0.3 is 15.0 Å². The second-order valence-electron chi connectivity index (χ2n) is 5.59. The molecule has 2 aromatic rings. The number of methoxy groups -OCH3 is 1. The molecule has 3 rings (SSSR count). The van der Waals surface area contributed by atoms with Crippen molar-refractivity contribution >= 4 is 21.8 Å². The fraction of sp³-hybridized carbons (Fsp3) is 0.278. The minimum absolute atomic E-state index is 0.158. The van der Waals surface area contributed by atoms with Gasteiger partial charge in [-0.05, 0) is 40.2 Å². The van der Waals surface area contributed by atoms with Crippen LogP contribution in [0.15, 0.2) is 46.9 Å². The second kappa shape index (κ2) is 7.32. The number of piperazine rings is 1. The van der Waals surface area contributed by atoms with Gasteiger partial charge in [-0.1, -0.05) is 18.2 Å². The SMILES string of the molecule is COc1ccccc1C1CNCCN1C(=O)c1ccc(Br)c(F)c1. The van der Waals surface area contributed by atoms with Crippen LogP contribution in [0.3, 0.4) is 0 Å². The molecular weight excluding hydrogens is 375 g/mol. The van der Waals surface area contributed by atoms with Gasteiger partial charge in [0.25, 0.3) is 5.91 Å². The number of nitrogens with zero attached hydrogens (tertiary/aromatic N) is 1. The van der Waals surface area contributed by atoms with Crippen molar-refractivity contribution in [2.45, 2.75) is 6.04 Å². The van der Waals surface area contributed by atoms with Gasteiger partial charge >= 0.3 is 0 Å². The van der Waals surface area contributed by atoms with Gasteiger partial charge in [-0.25, -0.2) is 4.39 Å². The van der Waals surface area contributed by atoms with Crippen LogP contribution in [0.4, 0.5) is 4.39 Å². The van der Waals surface area contributed by atoms with E-state index in [1.807, 2.05) is 24.3 Å².